The SMILES string of the molecule is CCOCCOc1ccc(CN2CCN(CCC#N)CC2)cc1. The third kappa shape index (κ3) is 6.57. The topological polar surface area (TPSA) is 48.7 Å². The van der Waals surface area contributed by atoms with E-state index in [0.717, 1.165) is 51.6 Å². The molecule has 23 heavy (non-hydrogen) atoms. The highest BCUT2D eigenvalue weighted by Gasteiger charge is 2.16. The van der Waals surface area contributed by atoms with Gasteiger partial charge in [0.25, 0.3) is 0 Å². The molecule has 0 bridgehead atoms. The zero-order valence-electron chi connectivity index (χ0n) is 14.0. The molecular weight excluding hydrogens is 290 g/mol. The van der Waals surface area contributed by atoms with Gasteiger partial charge in [0.2, 0.25) is 0 Å². The van der Waals surface area contributed by atoms with Crippen LogP contribution in [0.25, 0.3) is 0 Å². The van der Waals surface area contributed by atoms with Gasteiger partial charge in [-0.15, -0.1) is 0 Å². The zero-order chi connectivity index (χ0) is 16.3. The van der Waals surface area contributed by atoms with Crippen LogP contribution in [0.4, 0.5) is 0 Å². The van der Waals surface area contributed by atoms with Gasteiger partial charge < -0.3 is 9.47 Å². The lowest BCUT2D eigenvalue weighted by molar-refractivity contribution is 0.110. The maximum atomic E-state index is 8.64. The summed E-state index contributed by atoms with van der Waals surface area (Å²) in [5.74, 6) is 0.898. The molecule has 1 heterocycles. The van der Waals surface area contributed by atoms with E-state index >= 15 is 0 Å². The Morgan fingerprint density at radius 1 is 1.04 bits per heavy atom. The highest BCUT2D eigenvalue weighted by molar-refractivity contribution is 5.27. The maximum absolute atomic E-state index is 8.64. The second-order valence-corrected chi connectivity index (χ2v) is 5.72. The molecule has 5 nitrogen and oxygen atoms in total. The van der Waals surface area contributed by atoms with E-state index in [9.17, 15) is 0 Å². The van der Waals surface area contributed by atoms with Crippen molar-refractivity contribution in [1.82, 2.24) is 9.80 Å². The molecule has 0 spiro atoms. The predicted octanol–water partition coefficient (Wildman–Crippen LogP) is 2.13. The molecule has 1 aromatic rings. The summed E-state index contributed by atoms with van der Waals surface area (Å²) in [6.45, 7) is 10.1. The summed E-state index contributed by atoms with van der Waals surface area (Å²) < 4.78 is 10.9. The monoisotopic (exact) mass is 317 g/mol. The van der Waals surface area contributed by atoms with Crippen LogP contribution in [0.1, 0.15) is 18.9 Å². The molecule has 0 unspecified atom stereocenters. The van der Waals surface area contributed by atoms with Gasteiger partial charge in [-0.3, -0.25) is 9.80 Å². The molecule has 1 aliphatic rings. The molecule has 1 fully saturated rings. The normalized spacial score (nSPS) is 16.2. The van der Waals surface area contributed by atoms with Gasteiger partial charge >= 0.3 is 0 Å². The molecule has 0 N–H and O–H groups in total. The van der Waals surface area contributed by atoms with Crippen molar-refractivity contribution in [2.24, 2.45) is 0 Å². The smallest absolute Gasteiger partial charge is 0.119 e. The number of hydrogen-bond donors (Lipinski definition) is 0. The first kappa shape index (κ1) is 17.7. The number of rotatable bonds is 9. The van der Waals surface area contributed by atoms with Crippen LogP contribution in [0.2, 0.25) is 0 Å². The zero-order valence-corrected chi connectivity index (χ0v) is 14.0. The fourth-order valence-corrected chi connectivity index (χ4v) is 2.69. The molecule has 0 aromatic heterocycles. The lowest BCUT2D eigenvalue weighted by Gasteiger charge is -2.34. The first-order valence-electron chi connectivity index (χ1n) is 8.43. The minimum absolute atomic E-state index is 0.595. The van der Waals surface area contributed by atoms with E-state index in [1.807, 2.05) is 19.1 Å². The average Bonchev–Trinajstić information content (AvgIpc) is 2.59. The van der Waals surface area contributed by atoms with E-state index in [4.69, 9.17) is 14.7 Å². The lowest BCUT2D eigenvalue weighted by Crippen LogP contribution is -2.46. The molecule has 1 aliphatic heterocycles. The molecule has 126 valence electrons. The summed E-state index contributed by atoms with van der Waals surface area (Å²) >= 11 is 0. The van der Waals surface area contributed by atoms with Crippen molar-refractivity contribution >= 4 is 0 Å². The Morgan fingerprint density at radius 3 is 2.39 bits per heavy atom. The van der Waals surface area contributed by atoms with Crippen molar-refractivity contribution in [3.63, 3.8) is 0 Å². The van der Waals surface area contributed by atoms with Gasteiger partial charge in [-0.25, -0.2) is 0 Å². The van der Waals surface area contributed by atoms with Gasteiger partial charge in [0.05, 0.1) is 12.7 Å². The molecule has 0 aliphatic carbocycles. The summed E-state index contributed by atoms with van der Waals surface area (Å²) in [5.41, 5.74) is 1.31. The fraction of sp³-hybridized carbons (Fsp3) is 0.611. The minimum Gasteiger partial charge on any atom is -0.491 e. The van der Waals surface area contributed by atoms with Gasteiger partial charge in [-0.05, 0) is 24.6 Å². The summed E-state index contributed by atoms with van der Waals surface area (Å²) in [6.07, 6.45) is 0.630. The Kier molecular flexibility index (Phi) is 7.88. The van der Waals surface area contributed by atoms with E-state index in [2.05, 4.69) is 28.0 Å². The number of hydrogen-bond acceptors (Lipinski definition) is 5. The fourth-order valence-electron chi connectivity index (χ4n) is 2.69. The van der Waals surface area contributed by atoms with Crippen LogP contribution in [0.5, 0.6) is 5.75 Å². The largest absolute Gasteiger partial charge is 0.491 e. The highest BCUT2D eigenvalue weighted by atomic mass is 16.5. The van der Waals surface area contributed by atoms with Crippen molar-refractivity contribution in [3.05, 3.63) is 29.8 Å². The molecule has 0 amide bonds. The quantitative estimate of drug-likeness (QED) is 0.653. The lowest BCUT2D eigenvalue weighted by atomic mass is 10.2. The van der Waals surface area contributed by atoms with Crippen LogP contribution in [-0.2, 0) is 11.3 Å². The van der Waals surface area contributed by atoms with Crippen molar-refractivity contribution < 1.29 is 9.47 Å². The number of piperazine rings is 1. The standard InChI is InChI=1S/C18H27N3O2/c1-2-22-14-15-23-18-6-4-17(5-7-18)16-21-12-10-20(11-13-21)9-3-8-19/h4-7H,2-3,9-16H2,1H3. The van der Waals surface area contributed by atoms with Gasteiger partial charge in [0, 0.05) is 52.3 Å². The van der Waals surface area contributed by atoms with Crippen molar-refractivity contribution in [1.29, 1.82) is 5.26 Å². The second-order valence-electron chi connectivity index (χ2n) is 5.72. The van der Waals surface area contributed by atoms with Crippen LogP contribution in [-0.4, -0.2) is 62.3 Å². The molecule has 1 saturated heterocycles. The van der Waals surface area contributed by atoms with Crippen molar-refractivity contribution in [2.45, 2.75) is 19.9 Å². The molecule has 2 rings (SSSR count). The van der Waals surface area contributed by atoms with Gasteiger partial charge in [-0.1, -0.05) is 12.1 Å². The van der Waals surface area contributed by atoms with Crippen LogP contribution >= 0.6 is 0 Å². The third-order valence-electron chi connectivity index (χ3n) is 4.03. The Balaban J connectivity index is 1.69. The van der Waals surface area contributed by atoms with Crippen LogP contribution in [0, 0.1) is 11.3 Å². The summed E-state index contributed by atoms with van der Waals surface area (Å²) in [6, 6.07) is 10.6. The van der Waals surface area contributed by atoms with Crippen molar-refractivity contribution in [2.75, 3.05) is 52.5 Å². The summed E-state index contributed by atoms with van der Waals surface area (Å²) in [5, 5.41) is 8.64. The molecule has 5 heteroatoms. The summed E-state index contributed by atoms with van der Waals surface area (Å²) in [4.78, 5) is 4.84. The van der Waals surface area contributed by atoms with E-state index in [0.29, 0.717) is 19.6 Å². The summed E-state index contributed by atoms with van der Waals surface area (Å²) in [7, 11) is 0. The Hall–Kier alpha value is -1.61. The van der Waals surface area contributed by atoms with Gasteiger partial charge in [0.15, 0.2) is 0 Å². The van der Waals surface area contributed by atoms with Gasteiger partial charge in [-0.2, -0.15) is 5.26 Å². The molecular formula is C18H27N3O2. The van der Waals surface area contributed by atoms with Crippen molar-refractivity contribution in [3.8, 4) is 11.8 Å². The number of nitrogens with zero attached hydrogens (tertiary/aromatic N) is 3. The number of ether oxygens (including phenoxy) is 2. The number of benzene rings is 1. The van der Waals surface area contributed by atoms with E-state index in [1.165, 1.54) is 5.56 Å². The van der Waals surface area contributed by atoms with E-state index in [-0.39, 0.29) is 0 Å². The Labute approximate surface area is 139 Å². The first-order chi connectivity index (χ1) is 11.3. The maximum Gasteiger partial charge on any atom is 0.119 e. The minimum atomic E-state index is 0.595. The Bertz CT molecular complexity index is 476. The molecule has 0 atom stereocenters. The highest BCUT2D eigenvalue weighted by Crippen LogP contribution is 2.14. The van der Waals surface area contributed by atoms with Crippen LogP contribution in [0.15, 0.2) is 24.3 Å². The van der Waals surface area contributed by atoms with Gasteiger partial charge in [0.1, 0.15) is 12.4 Å². The number of nitriles is 1. The second kappa shape index (κ2) is 10.2. The molecule has 0 saturated carbocycles. The molecule has 0 radical (unpaired) electrons. The van der Waals surface area contributed by atoms with Crippen LogP contribution < -0.4 is 4.74 Å². The average molecular weight is 317 g/mol. The van der Waals surface area contributed by atoms with E-state index < -0.39 is 0 Å². The molecule has 1 aromatic carbocycles. The first-order valence-corrected chi connectivity index (χ1v) is 8.43. The van der Waals surface area contributed by atoms with E-state index in [1.54, 1.807) is 0 Å². The third-order valence-corrected chi connectivity index (χ3v) is 4.03. The Morgan fingerprint density at radius 2 is 1.74 bits per heavy atom. The predicted molar refractivity (Wildman–Crippen MR) is 90.4 cm³/mol. The van der Waals surface area contributed by atoms with Crippen LogP contribution in [0.3, 0.4) is 0 Å².